The first kappa shape index (κ1) is 29.1. The summed E-state index contributed by atoms with van der Waals surface area (Å²) >= 11 is 0. The first-order valence-corrected chi connectivity index (χ1v) is 14.8. The normalized spacial score (nSPS) is 13.8. The summed E-state index contributed by atoms with van der Waals surface area (Å²) in [4.78, 5) is 25.6. The topological polar surface area (TPSA) is 139 Å². The number of ether oxygens (including phenoxy) is 1. The molecular formula is C30H35N3O6S. The third-order valence-corrected chi connectivity index (χ3v) is 8.70. The Labute approximate surface area is 235 Å². The number of benzene rings is 3. The van der Waals surface area contributed by atoms with Crippen LogP contribution < -0.4 is 15.8 Å². The van der Waals surface area contributed by atoms with Crippen LogP contribution in [0.1, 0.15) is 50.2 Å². The highest BCUT2D eigenvalue weighted by Gasteiger charge is 2.36. The summed E-state index contributed by atoms with van der Waals surface area (Å²) in [5.74, 6) is -0.727. The van der Waals surface area contributed by atoms with Crippen LogP contribution in [0.25, 0.3) is 0 Å². The second-order valence-corrected chi connectivity index (χ2v) is 12.2. The van der Waals surface area contributed by atoms with Gasteiger partial charge in [0.05, 0.1) is 10.8 Å². The van der Waals surface area contributed by atoms with Crippen LogP contribution in [0.15, 0.2) is 77.7 Å². The van der Waals surface area contributed by atoms with E-state index in [1.165, 1.54) is 24.3 Å². The Bertz CT molecular complexity index is 1410. The van der Waals surface area contributed by atoms with Gasteiger partial charge in [0, 0.05) is 29.9 Å². The Morgan fingerprint density at radius 1 is 0.950 bits per heavy atom. The number of amides is 1. The standard InChI is InChI=1S/C30H35N3O6S/c1-20(2)19-33(40(37,38)22-16-14-21(31)15-17-22)25(30(35)36)11-7-8-18-32-29(34)28-23-9-3-5-12-26(23)39-27-13-6-4-10-24(27)28/h3-6,9-10,12-17,20,25,28H,7-8,11,18-19,31H2,1-2H3,(H,32,34)(H,35,36)/t25-/m0/s1. The number of carboxylic acids is 1. The molecule has 1 atom stereocenters. The third kappa shape index (κ3) is 6.46. The molecule has 0 fully saturated rings. The van der Waals surface area contributed by atoms with Crippen molar-refractivity contribution in [2.24, 2.45) is 5.92 Å². The number of hydrogen-bond acceptors (Lipinski definition) is 6. The van der Waals surface area contributed by atoms with E-state index < -0.39 is 28.0 Å². The number of carbonyl (C=O) groups excluding carboxylic acids is 1. The molecule has 4 N–H and O–H groups in total. The predicted molar refractivity (Wildman–Crippen MR) is 153 cm³/mol. The number of anilines is 1. The molecule has 4 rings (SSSR count). The van der Waals surface area contributed by atoms with Gasteiger partial charge in [-0.1, -0.05) is 50.2 Å². The van der Waals surface area contributed by atoms with E-state index in [2.05, 4.69) is 5.32 Å². The Morgan fingerprint density at radius 3 is 2.08 bits per heavy atom. The fraction of sp³-hybridized carbons (Fsp3) is 0.333. The maximum Gasteiger partial charge on any atom is 0.322 e. The first-order chi connectivity index (χ1) is 19.1. The molecule has 9 nitrogen and oxygen atoms in total. The van der Waals surface area contributed by atoms with Crippen LogP contribution in [0.4, 0.5) is 5.69 Å². The summed E-state index contributed by atoms with van der Waals surface area (Å²) in [5.41, 5.74) is 7.68. The molecule has 0 aliphatic carbocycles. The van der Waals surface area contributed by atoms with Gasteiger partial charge in [-0.15, -0.1) is 0 Å². The van der Waals surface area contributed by atoms with Crippen LogP contribution in [0, 0.1) is 5.92 Å². The van der Waals surface area contributed by atoms with E-state index in [-0.39, 0.29) is 29.7 Å². The Morgan fingerprint density at radius 2 is 1.52 bits per heavy atom. The molecule has 40 heavy (non-hydrogen) atoms. The third-order valence-electron chi connectivity index (χ3n) is 6.81. The molecule has 0 aromatic heterocycles. The second-order valence-electron chi connectivity index (χ2n) is 10.3. The highest BCUT2D eigenvalue weighted by Crippen LogP contribution is 2.43. The summed E-state index contributed by atoms with van der Waals surface area (Å²) in [6.07, 6.45) is 0.999. The lowest BCUT2D eigenvalue weighted by Gasteiger charge is -2.30. The van der Waals surface area contributed by atoms with Crippen molar-refractivity contribution in [1.29, 1.82) is 0 Å². The largest absolute Gasteiger partial charge is 0.480 e. The van der Waals surface area contributed by atoms with Gasteiger partial charge in [0.2, 0.25) is 15.9 Å². The number of carbonyl (C=O) groups is 2. The Kier molecular flexibility index (Phi) is 9.11. The molecule has 0 unspecified atom stereocenters. The first-order valence-electron chi connectivity index (χ1n) is 13.3. The van der Waals surface area contributed by atoms with Crippen molar-refractivity contribution in [3.8, 4) is 11.5 Å². The highest BCUT2D eigenvalue weighted by atomic mass is 32.2. The number of aliphatic carboxylic acids is 1. The van der Waals surface area contributed by atoms with Gasteiger partial charge in [0.15, 0.2) is 0 Å². The molecule has 1 aliphatic heterocycles. The monoisotopic (exact) mass is 565 g/mol. The van der Waals surface area contributed by atoms with Crippen LogP contribution in [0.5, 0.6) is 11.5 Å². The number of hydrogen-bond donors (Lipinski definition) is 3. The molecule has 1 amide bonds. The van der Waals surface area contributed by atoms with E-state index in [1.54, 1.807) is 0 Å². The van der Waals surface area contributed by atoms with Crippen LogP contribution in [-0.2, 0) is 19.6 Å². The van der Waals surface area contributed by atoms with E-state index in [4.69, 9.17) is 10.5 Å². The highest BCUT2D eigenvalue weighted by molar-refractivity contribution is 7.89. The molecule has 0 saturated heterocycles. The fourth-order valence-corrected chi connectivity index (χ4v) is 6.66. The summed E-state index contributed by atoms with van der Waals surface area (Å²) in [7, 11) is -4.07. The van der Waals surface area contributed by atoms with Gasteiger partial charge < -0.3 is 20.9 Å². The fourth-order valence-electron chi connectivity index (χ4n) is 4.89. The molecule has 3 aromatic carbocycles. The maximum atomic E-state index is 13.4. The average Bonchev–Trinajstić information content (AvgIpc) is 2.92. The van der Waals surface area contributed by atoms with Crippen molar-refractivity contribution in [2.75, 3.05) is 18.8 Å². The van der Waals surface area contributed by atoms with Gasteiger partial charge in [-0.05, 0) is 61.6 Å². The molecule has 0 radical (unpaired) electrons. The molecule has 0 spiro atoms. The van der Waals surface area contributed by atoms with E-state index in [9.17, 15) is 23.1 Å². The minimum atomic E-state index is -4.07. The van der Waals surface area contributed by atoms with E-state index in [1.807, 2.05) is 62.4 Å². The number of fused-ring (bicyclic) bond motifs is 2. The predicted octanol–water partition coefficient (Wildman–Crippen LogP) is 4.59. The minimum absolute atomic E-state index is 0.00196. The lowest BCUT2D eigenvalue weighted by atomic mass is 9.87. The number of nitrogen functional groups attached to an aromatic ring is 1. The molecule has 3 aromatic rings. The number of rotatable bonds is 12. The number of para-hydroxylation sites is 2. The lowest BCUT2D eigenvalue weighted by Crippen LogP contribution is -2.46. The quantitative estimate of drug-likeness (QED) is 0.216. The number of sulfonamides is 1. The number of nitrogens with two attached hydrogens (primary N) is 1. The zero-order chi connectivity index (χ0) is 28.9. The summed E-state index contributed by atoms with van der Waals surface area (Å²) < 4.78 is 33.9. The van der Waals surface area contributed by atoms with Crippen LogP contribution in [0.3, 0.4) is 0 Å². The Balaban J connectivity index is 1.41. The SMILES string of the molecule is CC(C)CN([C@@H](CCCCNC(=O)C1c2ccccc2Oc2ccccc21)C(=O)O)S(=O)(=O)c1ccc(N)cc1. The van der Waals surface area contributed by atoms with Crippen molar-refractivity contribution in [3.05, 3.63) is 83.9 Å². The van der Waals surface area contributed by atoms with Crippen molar-refractivity contribution in [3.63, 3.8) is 0 Å². The smallest absolute Gasteiger partial charge is 0.322 e. The second kappa shape index (κ2) is 12.5. The number of carboxylic acid groups (broad SMARTS) is 1. The number of nitrogens with one attached hydrogen (secondary N) is 1. The molecule has 212 valence electrons. The molecule has 1 aliphatic rings. The van der Waals surface area contributed by atoms with Gasteiger partial charge in [-0.25, -0.2) is 8.42 Å². The average molecular weight is 566 g/mol. The Hall–Kier alpha value is -3.89. The van der Waals surface area contributed by atoms with E-state index in [0.717, 1.165) is 15.4 Å². The van der Waals surface area contributed by atoms with E-state index in [0.29, 0.717) is 36.6 Å². The number of nitrogens with zero attached hydrogens (tertiary/aromatic N) is 1. The summed E-state index contributed by atoms with van der Waals surface area (Å²) in [6, 6.07) is 19.4. The van der Waals surface area contributed by atoms with Gasteiger partial charge in [-0.2, -0.15) is 4.31 Å². The van der Waals surface area contributed by atoms with Gasteiger partial charge in [-0.3, -0.25) is 9.59 Å². The molecular weight excluding hydrogens is 530 g/mol. The number of unbranched alkanes of at least 4 members (excludes halogenated alkanes) is 1. The van der Waals surface area contributed by atoms with Crippen molar-refractivity contribution in [2.45, 2.75) is 50.0 Å². The molecule has 0 saturated carbocycles. The molecule has 1 heterocycles. The van der Waals surface area contributed by atoms with Gasteiger partial charge >= 0.3 is 5.97 Å². The summed E-state index contributed by atoms with van der Waals surface area (Å²) in [6.45, 7) is 4.06. The van der Waals surface area contributed by atoms with Gasteiger partial charge in [0.25, 0.3) is 0 Å². The van der Waals surface area contributed by atoms with Crippen LogP contribution in [-0.4, -0.2) is 48.8 Å². The van der Waals surface area contributed by atoms with Crippen LogP contribution in [0.2, 0.25) is 0 Å². The zero-order valence-corrected chi connectivity index (χ0v) is 23.4. The zero-order valence-electron chi connectivity index (χ0n) is 22.6. The van der Waals surface area contributed by atoms with Gasteiger partial charge in [0.1, 0.15) is 17.5 Å². The maximum absolute atomic E-state index is 13.4. The van der Waals surface area contributed by atoms with Crippen molar-refractivity contribution in [1.82, 2.24) is 9.62 Å². The summed E-state index contributed by atoms with van der Waals surface area (Å²) in [5, 5.41) is 13.0. The van der Waals surface area contributed by atoms with Crippen molar-refractivity contribution < 1.29 is 27.9 Å². The minimum Gasteiger partial charge on any atom is -0.480 e. The molecule has 0 bridgehead atoms. The lowest BCUT2D eigenvalue weighted by molar-refractivity contribution is -0.142. The van der Waals surface area contributed by atoms with Crippen LogP contribution >= 0.6 is 0 Å². The van der Waals surface area contributed by atoms with Crippen molar-refractivity contribution >= 4 is 27.6 Å². The molecule has 10 heteroatoms. The van der Waals surface area contributed by atoms with E-state index >= 15 is 0 Å².